The lowest BCUT2D eigenvalue weighted by Crippen LogP contribution is -2.08. The Morgan fingerprint density at radius 1 is 1.44 bits per heavy atom. The highest BCUT2D eigenvalue weighted by atomic mass is 15.6. The molecule has 0 spiro atoms. The second-order valence-electron chi connectivity index (χ2n) is 3.15. The average molecular weight is 216 g/mol. The number of pyridine rings is 1. The van der Waals surface area contributed by atoms with Gasteiger partial charge in [0.2, 0.25) is 5.95 Å². The molecule has 0 saturated heterocycles. The summed E-state index contributed by atoms with van der Waals surface area (Å²) < 4.78 is 1.63. The predicted octanol–water partition coefficient (Wildman–Crippen LogP) is 0.866. The van der Waals surface area contributed by atoms with Gasteiger partial charge in [0.1, 0.15) is 0 Å². The molecule has 6 nitrogen and oxygen atoms in total. The molecule has 82 valence electrons. The first-order valence-electron chi connectivity index (χ1n) is 4.91. The molecular formula is C10H12N6. The normalized spacial score (nSPS) is 10.0. The monoisotopic (exact) mass is 216 g/mol. The van der Waals surface area contributed by atoms with Crippen LogP contribution in [-0.2, 0) is 13.1 Å². The van der Waals surface area contributed by atoms with Crippen LogP contribution >= 0.6 is 0 Å². The lowest BCUT2D eigenvalue weighted by molar-refractivity contribution is 0.663. The summed E-state index contributed by atoms with van der Waals surface area (Å²) in [5, 5.41) is 14.4. The van der Waals surface area contributed by atoms with E-state index >= 15 is 0 Å². The number of anilines is 1. The molecule has 2 aromatic heterocycles. The van der Waals surface area contributed by atoms with Crippen molar-refractivity contribution < 1.29 is 0 Å². The van der Waals surface area contributed by atoms with Gasteiger partial charge in [-0.1, -0.05) is 17.2 Å². The third-order valence-electron chi connectivity index (χ3n) is 1.99. The first-order chi connectivity index (χ1) is 7.90. The molecule has 2 aromatic rings. The zero-order chi connectivity index (χ0) is 11.2. The van der Waals surface area contributed by atoms with E-state index in [-0.39, 0.29) is 0 Å². The molecule has 6 heteroatoms. The van der Waals surface area contributed by atoms with Crippen molar-refractivity contribution in [3.8, 4) is 0 Å². The maximum atomic E-state index is 4.19. The van der Waals surface area contributed by atoms with E-state index in [0.717, 1.165) is 5.69 Å². The van der Waals surface area contributed by atoms with Gasteiger partial charge in [-0.3, -0.25) is 4.98 Å². The quantitative estimate of drug-likeness (QED) is 0.751. The zero-order valence-corrected chi connectivity index (χ0v) is 8.74. The van der Waals surface area contributed by atoms with E-state index in [4.69, 9.17) is 0 Å². The van der Waals surface area contributed by atoms with Gasteiger partial charge in [-0.25, -0.2) is 4.68 Å². The van der Waals surface area contributed by atoms with Crippen molar-refractivity contribution >= 4 is 5.95 Å². The number of rotatable bonds is 5. The third-order valence-corrected chi connectivity index (χ3v) is 1.99. The minimum absolute atomic E-state index is 0.581. The fraction of sp³-hybridized carbons (Fsp3) is 0.200. The number of allylic oxidation sites excluding steroid dienone is 1. The number of nitrogens with one attached hydrogen (secondary N) is 1. The Kier molecular flexibility index (Phi) is 3.22. The largest absolute Gasteiger partial charge is 0.347 e. The molecule has 0 fully saturated rings. The Labute approximate surface area is 93.0 Å². The zero-order valence-electron chi connectivity index (χ0n) is 8.74. The highest BCUT2D eigenvalue weighted by molar-refractivity contribution is 5.23. The summed E-state index contributed by atoms with van der Waals surface area (Å²) in [4.78, 5) is 4.19. The van der Waals surface area contributed by atoms with Crippen molar-refractivity contribution in [2.75, 3.05) is 5.32 Å². The lowest BCUT2D eigenvalue weighted by Gasteiger charge is -2.04. The van der Waals surface area contributed by atoms with Crippen LogP contribution in [0.5, 0.6) is 0 Å². The average Bonchev–Trinajstić information content (AvgIpc) is 2.76. The topological polar surface area (TPSA) is 68.5 Å². The molecular weight excluding hydrogens is 204 g/mol. The molecule has 16 heavy (non-hydrogen) atoms. The molecule has 0 aromatic carbocycles. The number of aromatic nitrogens is 5. The molecule has 0 amide bonds. The highest BCUT2D eigenvalue weighted by Gasteiger charge is 2.03. The van der Waals surface area contributed by atoms with E-state index in [9.17, 15) is 0 Å². The van der Waals surface area contributed by atoms with Crippen LogP contribution in [0.15, 0.2) is 37.1 Å². The highest BCUT2D eigenvalue weighted by Crippen LogP contribution is 2.02. The smallest absolute Gasteiger partial charge is 0.243 e. The Balaban J connectivity index is 1.99. The molecule has 0 aliphatic heterocycles. The van der Waals surface area contributed by atoms with Gasteiger partial charge < -0.3 is 5.32 Å². The van der Waals surface area contributed by atoms with E-state index < -0.39 is 0 Å². The van der Waals surface area contributed by atoms with Gasteiger partial charge >= 0.3 is 0 Å². The number of tetrazole rings is 1. The van der Waals surface area contributed by atoms with Gasteiger partial charge in [0, 0.05) is 6.20 Å². The van der Waals surface area contributed by atoms with Gasteiger partial charge in [-0.2, -0.15) is 0 Å². The van der Waals surface area contributed by atoms with E-state index in [0.29, 0.717) is 19.0 Å². The number of hydrogen-bond acceptors (Lipinski definition) is 5. The van der Waals surface area contributed by atoms with Crippen LogP contribution in [0.3, 0.4) is 0 Å². The van der Waals surface area contributed by atoms with Crippen LogP contribution in [0.2, 0.25) is 0 Å². The Morgan fingerprint density at radius 2 is 2.38 bits per heavy atom. The van der Waals surface area contributed by atoms with Gasteiger partial charge in [-0.05, 0) is 22.6 Å². The molecule has 1 N–H and O–H groups in total. The molecule has 2 rings (SSSR count). The Bertz CT molecular complexity index is 449. The molecule has 0 aliphatic carbocycles. The van der Waals surface area contributed by atoms with Crippen molar-refractivity contribution in [1.82, 2.24) is 25.2 Å². The summed E-state index contributed by atoms with van der Waals surface area (Å²) in [5.74, 6) is 0.616. The van der Waals surface area contributed by atoms with Gasteiger partial charge in [0.05, 0.1) is 18.8 Å². The first kappa shape index (κ1) is 10.3. The molecule has 0 atom stereocenters. The van der Waals surface area contributed by atoms with Crippen LogP contribution in [0.4, 0.5) is 5.95 Å². The maximum Gasteiger partial charge on any atom is 0.243 e. The number of nitrogens with zero attached hydrogens (tertiary/aromatic N) is 5. The van der Waals surface area contributed by atoms with Crippen molar-refractivity contribution in [1.29, 1.82) is 0 Å². The van der Waals surface area contributed by atoms with Crippen molar-refractivity contribution in [3.63, 3.8) is 0 Å². The Morgan fingerprint density at radius 3 is 3.12 bits per heavy atom. The van der Waals surface area contributed by atoms with E-state index in [1.165, 1.54) is 0 Å². The van der Waals surface area contributed by atoms with E-state index in [2.05, 4.69) is 32.4 Å². The van der Waals surface area contributed by atoms with Crippen LogP contribution in [0, 0.1) is 0 Å². The summed E-state index contributed by atoms with van der Waals surface area (Å²) >= 11 is 0. The molecule has 0 unspecified atom stereocenters. The van der Waals surface area contributed by atoms with Crippen LogP contribution in [0.25, 0.3) is 0 Å². The summed E-state index contributed by atoms with van der Waals surface area (Å²) in [7, 11) is 0. The van der Waals surface area contributed by atoms with Gasteiger partial charge in [0.15, 0.2) is 0 Å². The minimum atomic E-state index is 0.581. The molecule has 0 aliphatic rings. The minimum Gasteiger partial charge on any atom is -0.347 e. The van der Waals surface area contributed by atoms with E-state index in [1.807, 2.05) is 18.2 Å². The fourth-order valence-corrected chi connectivity index (χ4v) is 1.25. The number of hydrogen-bond donors (Lipinski definition) is 1. The lowest BCUT2D eigenvalue weighted by atomic mass is 10.3. The molecule has 0 bridgehead atoms. The molecule has 0 radical (unpaired) electrons. The summed E-state index contributed by atoms with van der Waals surface area (Å²) in [6.07, 6.45) is 3.49. The summed E-state index contributed by atoms with van der Waals surface area (Å²) in [6, 6.07) is 5.76. The standard InChI is InChI=1S/C10H12N6/c1-2-7-16-10(13-14-15-16)12-8-9-5-3-4-6-11-9/h2-6H,1,7-8H2,(H,12,13,15). The fourth-order valence-electron chi connectivity index (χ4n) is 1.25. The second-order valence-corrected chi connectivity index (χ2v) is 3.15. The van der Waals surface area contributed by atoms with Crippen molar-refractivity contribution in [3.05, 3.63) is 42.7 Å². The third kappa shape index (κ3) is 2.41. The van der Waals surface area contributed by atoms with Gasteiger partial charge in [-0.15, -0.1) is 6.58 Å². The van der Waals surface area contributed by atoms with Crippen molar-refractivity contribution in [2.24, 2.45) is 0 Å². The molecule has 2 heterocycles. The predicted molar refractivity (Wildman–Crippen MR) is 59.6 cm³/mol. The van der Waals surface area contributed by atoms with Gasteiger partial charge in [0.25, 0.3) is 0 Å². The SMILES string of the molecule is C=CCn1nnnc1NCc1ccccn1. The summed E-state index contributed by atoms with van der Waals surface area (Å²) in [5.41, 5.74) is 0.940. The van der Waals surface area contributed by atoms with Crippen LogP contribution in [-0.4, -0.2) is 25.2 Å². The Hall–Kier alpha value is -2.24. The van der Waals surface area contributed by atoms with Crippen LogP contribution < -0.4 is 5.32 Å². The molecule has 0 saturated carbocycles. The second kappa shape index (κ2) is 5.01. The van der Waals surface area contributed by atoms with Crippen molar-refractivity contribution in [2.45, 2.75) is 13.1 Å². The maximum absolute atomic E-state index is 4.19. The first-order valence-corrected chi connectivity index (χ1v) is 4.91. The van der Waals surface area contributed by atoms with E-state index in [1.54, 1.807) is 17.0 Å². The van der Waals surface area contributed by atoms with Crippen LogP contribution in [0.1, 0.15) is 5.69 Å². The summed E-state index contributed by atoms with van der Waals surface area (Å²) in [6.45, 7) is 4.81.